The van der Waals surface area contributed by atoms with Crippen LogP contribution < -0.4 is 0 Å². The van der Waals surface area contributed by atoms with Crippen molar-refractivity contribution in [2.45, 2.75) is 32.5 Å². The Morgan fingerprint density at radius 2 is 1.89 bits per heavy atom. The number of benzene rings is 2. The van der Waals surface area contributed by atoms with Crippen molar-refractivity contribution in [2.75, 3.05) is 19.0 Å². The first kappa shape index (κ1) is 29.8. The van der Waals surface area contributed by atoms with Crippen LogP contribution in [0.4, 0.5) is 0 Å². The molecular formula is C34H29Cl2N5O3S. The molecule has 0 saturated carbocycles. The maximum atomic E-state index is 12.0. The molecule has 228 valence electrons. The summed E-state index contributed by atoms with van der Waals surface area (Å²) in [6.45, 7) is 3.06. The number of amides is 1. The molecule has 11 heteroatoms. The number of likely N-dealkylation sites (tertiary alicyclic amines) is 1. The number of alkyl halides is 1. The first-order valence-electron chi connectivity index (χ1n) is 14.7. The molecule has 5 aromatic rings. The lowest BCUT2D eigenvalue weighted by Crippen LogP contribution is -2.26. The Morgan fingerprint density at radius 3 is 2.69 bits per heavy atom. The minimum Gasteiger partial charge on any atom is -0.481 e. The molecule has 1 N–H and O–H groups in total. The van der Waals surface area contributed by atoms with Crippen LogP contribution >= 0.6 is 34.5 Å². The summed E-state index contributed by atoms with van der Waals surface area (Å²) in [7, 11) is 0. The molecule has 1 saturated heterocycles. The molecular weight excluding hydrogens is 629 g/mol. The van der Waals surface area contributed by atoms with Crippen molar-refractivity contribution >= 4 is 57.3 Å². The lowest BCUT2D eigenvalue weighted by molar-refractivity contribution is -0.141. The average Bonchev–Trinajstić information content (AvgIpc) is 3.78. The quantitative estimate of drug-likeness (QED) is 0.187. The second kappa shape index (κ2) is 12.5. The summed E-state index contributed by atoms with van der Waals surface area (Å²) in [5.41, 5.74) is 7.55. The fourth-order valence-corrected chi connectivity index (χ4v) is 7.73. The highest BCUT2D eigenvalue weighted by Gasteiger charge is 2.28. The van der Waals surface area contributed by atoms with Crippen LogP contribution in [0.5, 0.6) is 0 Å². The zero-order chi connectivity index (χ0) is 31.1. The van der Waals surface area contributed by atoms with E-state index in [-0.39, 0.29) is 17.7 Å². The largest absolute Gasteiger partial charge is 0.481 e. The molecule has 5 heterocycles. The Labute approximate surface area is 274 Å². The number of carbonyl (C=O) groups is 2. The molecule has 2 aliphatic heterocycles. The van der Waals surface area contributed by atoms with Crippen LogP contribution in [0.25, 0.3) is 32.6 Å². The summed E-state index contributed by atoms with van der Waals surface area (Å²) >= 11 is 14.4. The number of pyridine rings is 2. The molecule has 2 aliphatic rings. The van der Waals surface area contributed by atoms with Gasteiger partial charge in [-0.15, -0.1) is 22.9 Å². The lowest BCUT2D eigenvalue weighted by Gasteiger charge is -2.16. The number of fused-ring (bicyclic) bond motifs is 2. The first-order chi connectivity index (χ1) is 21.9. The molecule has 0 radical (unpaired) electrons. The van der Waals surface area contributed by atoms with Crippen LogP contribution in [0.3, 0.4) is 0 Å². The maximum Gasteiger partial charge on any atom is 0.307 e. The van der Waals surface area contributed by atoms with E-state index in [2.05, 4.69) is 28.1 Å². The van der Waals surface area contributed by atoms with Gasteiger partial charge in [-0.1, -0.05) is 48.0 Å². The Bertz CT molecular complexity index is 1920. The molecule has 0 bridgehead atoms. The molecule has 0 aliphatic carbocycles. The van der Waals surface area contributed by atoms with Gasteiger partial charge >= 0.3 is 5.97 Å². The van der Waals surface area contributed by atoms with Gasteiger partial charge in [0.25, 0.3) is 0 Å². The van der Waals surface area contributed by atoms with Crippen molar-refractivity contribution in [2.24, 2.45) is 5.92 Å². The number of carboxylic acids is 1. The van der Waals surface area contributed by atoms with Gasteiger partial charge in [0.2, 0.25) is 5.91 Å². The summed E-state index contributed by atoms with van der Waals surface area (Å²) < 4.78 is 0. The normalized spacial score (nSPS) is 16.4. The summed E-state index contributed by atoms with van der Waals surface area (Å²) in [6, 6.07) is 18.4. The van der Waals surface area contributed by atoms with Gasteiger partial charge in [-0.25, -0.2) is 4.98 Å². The number of aromatic nitrogens is 3. The van der Waals surface area contributed by atoms with Crippen molar-refractivity contribution < 1.29 is 14.7 Å². The number of aliphatic carboxylic acids is 1. The van der Waals surface area contributed by atoms with Crippen molar-refractivity contribution in [1.29, 1.82) is 0 Å². The second-order valence-corrected chi connectivity index (χ2v) is 13.3. The number of carboxylic acid groups (broad SMARTS) is 1. The van der Waals surface area contributed by atoms with Gasteiger partial charge < -0.3 is 10.0 Å². The lowest BCUT2D eigenvalue weighted by atomic mass is 9.98. The summed E-state index contributed by atoms with van der Waals surface area (Å²) in [5, 5.41) is 11.9. The number of carbonyl (C=O) groups excluding carboxylic acids is 1. The van der Waals surface area contributed by atoms with E-state index < -0.39 is 5.97 Å². The minimum atomic E-state index is -0.724. The molecule has 7 rings (SSSR count). The van der Waals surface area contributed by atoms with E-state index in [1.807, 2.05) is 42.6 Å². The molecule has 1 fully saturated rings. The highest BCUT2D eigenvalue weighted by Crippen LogP contribution is 2.38. The van der Waals surface area contributed by atoms with E-state index in [4.69, 9.17) is 33.2 Å². The predicted molar refractivity (Wildman–Crippen MR) is 176 cm³/mol. The molecule has 1 atom stereocenters. The molecule has 1 amide bonds. The Hall–Kier alpha value is -3.89. The van der Waals surface area contributed by atoms with E-state index in [9.17, 15) is 14.7 Å². The van der Waals surface area contributed by atoms with Gasteiger partial charge in [0.15, 0.2) is 0 Å². The van der Waals surface area contributed by atoms with Crippen molar-refractivity contribution in [3.63, 3.8) is 0 Å². The van der Waals surface area contributed by atoms with Crippen molar-refractivity contribution in [3.8, 4) is 21.7 Å². The second-order valence-electron chi connectivity index (χ2n) is 11.5. The average molecular weight is 659 g/mol. The number of hydrogen-bond acceptors (Lipinski definition) is 7. The monoisotopic (exact) mass is 657 g/mol. The van der Waals surface area contributed by atoms with Crippen LogP contribution in [0.1, 0.15) is 33.8 Å². The highest BCUT2D eigenvalue weighted by atomic mass is 35.5. The van der Waals surface area contributed by atoms with E-state index in [1.54, 1.807) is 22.4 Å². The fourth-order valence-electron chi connectivity index (χ4n) is 6.18. The van der Waals surface area contributed by atoms with Gasteiger partial charge in [0.05, 0.1) is 40.9 Å². The van der Waals surface area contributed by atoms with E-state index in [1.165, 1.54) is 0 Å². The van der Waals surface area contributed by atoms with Crippen LogP contribution in [0.15, 0.2) is 67.0 Å². The summed E-state index contributed by atoms with van der Waals surface area (Å²) in [6.07, 6.45) is 4.88. The van der Waals surface area contributed by atoms with E-state index >= 15 is 0 Å². The third-order valence-electron chi connectivity index (χ3n) is 8.54. The van der Waals surface area contributed by atoms with Gasteiger partial charge in [-0.2, -0.15) is 0 Å². The fraction of sp³-hybridized carbons (Fsp3) is 0.265. The molecule has 2 aromatic carbocycles. The first-order valence-corrected chi connectivity index (χ1v) is 16.5. The van der Waals surface area contributed by atoms with Crippen LogP contribution in [-0.2, 0) is 35.6 Å². The molecule has 0 unspecified atom stereocenters. The molecule has 8 nitrogen and oxygen atoms in total. The maximum absolute atomic E-state index is 12.0. The predicted octanol–water partition coefficient (Wildman–Crippen LogP) is 6.65. The zero-order valence-electron chi connectivity index (χ0n) is 24.2. The Kier molecular flexibility index (Phi) is 8.27. The third kappa shape index (κ3) is 6.05. The minimum absolute atomic E-state index is 0.0194. The number of thiazole rings is 1. The van der Waals surface area contributed by atoms with E-state index in [0.717, 1.165) is 66.5 Å². The number of rotatable bonds is 8. The SMILES string of the molecule is O=C(O)[C@@H]1CCN(Cc2cnc3c(Cc4cccc(-c5cccc(-c6nc7c(s6)CN(C(=O)CCl)C7)c5)c4Cl)nccc3c2)C1. The third-order valence-corrected chi connectivity index (χ3v) is 10.3. The van der Waals surface area contributed by atoms with Gasteiger partial charge in [0.1, 0.15) is 10.9 Å². The topological polar surface area (TPSA) is 99.5 Å². The van der Waals surface area contributed by atoms with Gasteiger partial charge in [-0.3, -0.25) is 24.5 Å². The van der Waals surface area contributed by atoms with E-state index in [0.29, 0.717) is 44.0 Å². The summed E-state index contributed by atoms with van der Waals surface area (Å²) in [4.78, 5) is 42.7. The standard InChI is InChI=1S/C34H29Cl2N5O3S/c35-14-30(42)41-18-28-29(19-41)45-33(39-28)24-5-1-3-21(12-24)26-6-2-4-22(31(26)36)13-27-32-23(7-9-37-27)11-20(15-38-32)16-40-10-8-25(17-40)34(43)44/h1-7,9,11-12,15,25H,8,10,13-14,16-19H2,(H,43,44)/t25-/m1/s1. The number of halogens is 2. The molecule has 3 aromatic heterocycles. The molecule has 0 spiro atoms. The number of hydrogen-bond donors (Lipinski definition) is 1. The Morgan fingerprint density at radius 1 is 1.04 bits per heavy atom. The van der Waals surface area contributed by atoms with Crippen molar-refractivity contribution in [1.82, 2.24) is 24.8 Å². The van der Waals surface area contributed by atoms with Crippen LogP contribution in [0, 0.1) is 5.92 Å². The highest BCUT2D eigenvalue weighted by molar-refractivity contribution is 7.15. The van der Waals surface area contributed by atoms with Crippen LogP contribution in [0.2, 0.25) is 5.02 Å². The molecule has 45 heavy (non-hydrogen) atoms. The number of nitrogens with zero attached hydrogens (tertiary/aromatic N) is 5. The van der Waals surface area contributed by atoms with Gasteiger partial charge in [-0.05, 0) is 47.9 Å². The van der Waals surface area contributed by atoms with Gasteiger partial charge in [0, 0.05) is 53.3 Å². The Balaban J connectivity index is 1.11. The smallest absolute Gasteiger partial charge is 0.307 e. The van der Waals surface area contributed by atoms with Crippen molar-refractivity contribution in [3.05, 3.63) is 99.4 Å². The summed E-state index contributed by atoms with van der Waals surface area (Å²) in [5.74, 6) is -1.12. The zero-order valence-corrected chi connectivity index (χ0v) is 26.6. The van der Waals surface area contributed by atoms with Crippen LogP contribution in [-0.4, -0.2) is 60.7 Å².